The molecule has 0 spiro atoms. The van der Waals surface area contributed by atoms with Crippen molar-refractivity contribution in [1.29, 1.82) is 0 Å². The minimum Gasteiger partial charge on any atom is -0.382 e. The predicted octanol–water partition coefficient (Wildman–Crippen LogP) is 2.24. The largest absolute Gasteiger partial charge is 0.382 e. The molecule has 4 nitrogen and oxygen atoms in total. The highest BCUT2D eigenvalue weighted by Gasteiger charge is 2.12. The van der Waals surface area contributed by atoms with Crippen LogP contribution in [0, 0.1) is 0 Å². The number of aryl methyl sites for hydroxylation is 1. The van der Waals surface area contributed by atoms with E-state index in [9.17, 15) is 0 Å². The van der Waals surface area contributed by atoms with Gasteiger partial charge in [-0.25, -0.2) is 4.98 Å². The maximum absolute atomic E-state index is 5.29. The number of ether oxygens (including phenoxy) is 1. The molecule has 2 atom stereocenters. The number of nitrogens with one attached hydrogen (secondary N) is 1. The number of rotatable bonds is 9. The number of hydrogen-bond donors (Lipinski definition) is 1. The molecule has 0 aromatic carbocycles. The van der Waals surface area contributed by atoms with Crippen LogP contribution in [0.4, 0.5) is 0 Å². The first-order valence-electron chi connectivity index (χ1n) is 6.91. The Kier molecular flexibility index (Phi) is 6.98. The van der Waals surface area contributed by atoms with E-state index in [2.05, 4.69) is 34.9 Å². The summed E-state index contributed by atoms with van der Waals surface area (Å²) in [6, 6.07) is 0.473. The normalized spacial score (nSPS) is 14.7. The molecule has 1 N–H and O–H groups in total. The molecule has 0 fully saturated rings. The maximum atomic E-state index is 5.29. The van der Waals surface area contributed by atoms with Crippen LogP contribution >= 0.6 is 0 Å². The molecule has 1 heterocycles. The summed E-state index contributed by atoms with van der Waals surface area (Å²) in [4.78, 5) is 4.46. The quantitative estimate of drug-likeness (QED) is 0.733. The van der Waals surface area contributed by atoms with Gasteiger partial charge in [0.1, 0.15) is 5.82 Å². The van der Waals surface area contributed by atoms with Gasteiger partial charge in [0.2, 0.25) is 0 Å². The van der Waals surface area contributed by atoms with E-state index in [4.69, 9.17) is 4.74 Å². The molecule has 0 aliphatic carbocycles. The average molecular weight is 253 g/mol. The summed E-state index contributed by atoms with van der Waals surface area (Å²) < 4.78 is 7.55. The van der Waals surface area contributed by atoms with Gasteiger partial charge in [0.15, 0.2) is 0 Å². The first-order valence-corrected chi connectivity index (χ1v) is 6.91. The highest BCUT2D eigenvalue weighted by molar-refractivity contribution is 4.95. The summed E-state index contributed by atoms with van der Waals surface area (Å²) in [5.41, 5.74) is 0. The van der Waals surface area contributed by atoms with E-state index in [1.807, 2.05) is 13.2 Å². The molecule has 0 saturated heterocycles. The highest BCUT2D eigenvalue weighted by Crippen LogP contribution is 2.09. The first kappa shape index (κ1) is 15.2. The van der Waals surface area contributed by atoms with E-state index >= 15 is 0 Å². The summed E-state index contributed by atoms with van der Waals surface area (Å²) in [7, 11) is 3.79. The lowest BCUT2D eigenvalue weighted by molar-refractivity contribution is 0.106. The number of methoxy groups -OCH3 is 1. The van der Waals surface area contributed by atoms with Crippen LogP contribution in [0.3, 0.4) is 0 Å². The Morgan fingerprint density at radius 2 is 2.22 bits per heavy atom. The standard InChI is InChI=1S/C14H27N3O/c1-5-9-17-10-8-16-14(17)11-13(15-3)7-6-12(2)18-4/h8,10,12-13,15H,5-7,9,11H2,1-4H3. The van der Waals surface area contributed by atoms with Gasteiger partial charge in [-0.05, 0) is 33.2 Å². The van der Waals surface area contributed by atoms with E-state index in [1.54, 1.807) is 7.11 Å². The summed E-state index contributed by atoms with van der Waals surface area (Å²) in [5, 5.41) is 3.38. The fourth-order valence-corrected chi connectivity index (χ4v) is 2.10. The van der Waals surface area contributed by atoms with Crippen molar-refractivity contribution >= 4 is 0 Å². The molecule has 0 aliphatic rings. The van der Waals surface area contributed by atoms with Crippen LogP contribution in [-0.4, -0.2) is 35.9 Å². The Hall–Kier alpha value is -0.870. The van der Waals surface area contributed by atoms with Gasteiger partial charge in [-0.1, -0.05) is 6.92 Å². The summed E-state index contributed by atoms with van der Waals surface area (Å²) in [5.74, 6) is 1.18. The molecule has 18 heavy (non-hydrogen) atoms. The lowest BCUT2D eigenvalue weighted by Crippen LogP contribution is -2.30. The van der Waals surface area contributed by atoms with Crippen molar-refractivity contribution in [3.8, 4) is 0 Å². The molecule has 1 aromatic rings. The van der Waals surface area contributed by atoms with E-state index in [0.717, 1.165) is 32.2 Å². The van der Waals surface area contributed by atoms with Gasteiger partial charge in [-0.3, -0.25) is 0 Å². The molecule has 0 saturated carbocycles. The lowest BCUT2D eigenvalue weighted by atomic mass is 10.1. The molecule has 0 aliphatic heterocycles. The first-order chi connectivity index (χ1) is 8.71. The maximum Gasteiger partial charge on any atom is 0.110 e. The van der Waals surface area contributed by atoms with Gasteiger partial charge < -0.3 is 14.6 Å². The van der Waals surface area contributed by atoms with Gasteiger partial charge in [0.25, 0.3) is 0 Å². The second-order valence-corrected chi connectivity index (χ2v) is 4.85. The third-order valence-electron chi connectivity index (χ3n) is 3.43. The van der Waals surface area contributed by atoms with Crippen LogP contribution in [0.2, 0.25) is 0 Å². The molecule has 2 unspecified atom stereocenters. The smallest absolute Gasteiger partial charge is 0.110 e. The van der Waals surface area contributed by atoms with Crippen molar-refractivity contribution in [2.75, 3.05) is 14.2 Å². The Morgan fingerprint density at radius 1 is 1.44 bits per heavy atom. The third-order valence-corrected chi connectivity index (χ3v) is 3.43. The van der Waals surface area contributed by atoms with Crippen molar-refractivity contribution in [3.05, 3.63) is 18.2 Å². The Balaban J connectivity index is 2.48. The van der Waals surface area contributed by atoms with E-state index in [1.165, 1.54) is 5.82 Å². The second kappa shape index (κ2) is 8.27. The topological polar surface area (TPSA) is 39.1 Å². The highest BCUT2D eigenvalue weighted by atomic mass is 16.5. The summed E-state index contributed by atoms with van der Waals surface area (Å²) in [6.07, 6.45) is 8.63. The van der Waals surface area contributed by atoms with Crippen LogP contribution < -0.4 is 5.32 Å². The van der Waals surface area contributed by atoms with Gasteiger partial charge in [-0.2, -0.15) is 0 Å². The zero-order valence-corrected chi connectivity index (χ0v) is 12.1. The Morgan fingerprint density at radius 3 is 2.83 bits per heavy atom. The van der Waals surface area contributed by atoms with Crippen molar-refractivity contribution in [2.24, 2.45) is 0 Å². The van der Waals surface area contributed by atoms with Gasteiger partial charge >= 0.3 is 0 Å². The zero-order valence-electron chi connectivity index (χ0n) is 12.1. The number of likely N-dealkylation sites (N-methyl/N-ethyl adjacent to an activating group) is 1. The predicted molar refractivity (Wildman–Crippen MR) is 74.8 cm³/mol. The van der Waals surface area contributed by atoms with Gasteiger partial charge in [-0.15, -0.1) is 0 Å². The molecule has 104 valence electrons. The summed E-state index contributed by atoms with van der Waals surface area (Å²) in [6.45, 7) is 5.37. The zero-order chi connectivity index (χ0) is 13.4. The molecular formula is C14H27N3O. The fourth-order valence-electron chi connectivity index (χ4n) is 2.10. The van der Waals surface area contributed by atoms with Crippen molar-refractivity contribution in [1.82, 2.24) is 14.9 Å². The van der Waals surface area contributed by atoms with E-state index < -0.39 is 0 Å². The summed E-state index contributed by atoms with van der Waals surface area (Å²) >= 11 is 0. The average Bonchev–Trinajstić information content (AvgIpc) is 2.81. The lowest BCUT2D eigenvalue weighted by Gasteiger charge is -2.18. The molecule has 0 amide bonds. The van der Waals surface area contributed by atoms with E-state index in [0.29, 0.717) is 12.1 Å². The Labute approximate surface area is 111 Å². The van der Waals surface area contributed by atoms with Crippen molar-refractivity contribution in [2.45, 2.75) is 58.2 Å². The molecule has 0 bridgehead atoms. The fraction of sp³-hybridized carbons (Fsp3) is 0.786. The van der Waals surface area contributed by atoms with Gasteiger partial charge in [0, 0.05) is 38.5 Å². The van der Waals surface area contributed by atoms with Crippen LogP contribution in [0.25, 0.3) is 0 Å². The Bertz CT molecular complexity index is 325. The molecule has 1 rings (SSSR count). The number of aromatic nitrogens is 2. The third kappa shape index (κ3) is 4.78. The minimum atomic E-state index is 0.330. The van der Waals surface area contributed by atoms with Crippen LogP contribution in [0.1, 0.15) is 38.9 Å². The molecule has 0 radical (unpaired) electrons. The van der Waals surface area contributed by atoms with Crippen LogP contribution in [0.15, 0.2) is 12.4 Å². The van der Waals surface area contributed by atoms with Crippen LogP contribution in [-0.2, 0) is 17.7 Å². The molecule has 1 aromatic heterocycles. The molecular weight excluding hydrogens is 226 g/mol. The van der Waals surface area contributed by atoms with Crippen molar-refractivity contribution in [3.63, 3.8) is 0 Å². The molecule has 4 heteroatoms. The van der Waals surface area contributed by atoms with Gasteiger partial charge in [0.05, 0.1) is 6.10 Å². The number of hydrogen-bond acceptors (Lipinski definition) is 3. The van der Waals surface area contributed by atoms with Crippen LogP contribution in [0.5, 0.6) is 0 Å². The monoisotopic (exact) mass is 253 g/mol. The number of nitrogens with zero attached hydrogens (tertiary/aromatic N) is 2. The number of imidazole rings is 1. The van der Waals surface area contributed by atoms with Crippen molar-refractivity contribution < 1.29 is 4.74 Å². The minimum absolute atomic E-state index is 0.330. The SMILES string of the molecule is CCCn1ccnc1CC(CCC(C)OC)NC. The second-order valence-electron chi connectivity index (χ2n) is 4.85. The van der Waals surface area contributed by atoms with E-state index in [-0.39, 0.29) is 0 Å².